The van der Waals surface area contributed by atoms with Crippen molar-refractivity contribution in [3.05, 3.63) is 18.7 Å². The number of halogens is 1. The molecule has 2 atom stereocenters. The third-order valence-electron chi connectivity index (χ3n) is 4.23. The largest absolute Gasteiger partial charge is 0.357 e. The summed E-state index contributed by atoms with van der Waals surface area (Å²) in [6, 6.07) is 0.478. The minimum Gasteiger partial charge on any atom is -0.357 e. The summed E-state index contributed by atoms with van der Waals surface area (Å²) in [4.78, 5) is 11.4. The van der Waals surface area contributed by atoms with Crippen LogP contribution < -0.4 is 5.32 Å². The molecule has 0 aliphatic carbocycles. The number of imidazole rings is 1. The Bertz CT molecular complexity index is 451. The zero-order valence-corrected chi connectivity index (χ0v) is 17.6. The number of thioether (sulfide) groups is 1. The lowest BCUT2D eigenvalue weighted by Crippen LogP contribution is -2.49. The molecule has 5 nitrogen and oxygen atoms in total. The lowest BCUT2D eigenvalue weighted by Gasteiger charge is -2.39. The number of hydrogen-bond acceptors (Lipinski definition) is 3. The molecule has 23 heavy (non-hydrogen) atoms. The van der Waals surface area contributed by atoms with Crippen LogP contribution in [0.1, 0.15) is 32.7 Å². The second-order valence-electron chi connectivity index (χ2n) is 5.87. The highest BCUT2D eigenvalue weighted by Gasteiger charge is 2.28. The zero-order valence-electron chi connectivity index (χ0n) is 14.4. The van der Waals surface area contributed by atoms with Gasteiger partial charge in [0.1, 0.15) is 0 Å². The van der Waals surface area contributed by atoms with Crippen LogP contribution in [0.2, 0.25) is 0 Å². The smallest absolute Gasteiger partial charge is 0.193 e. The molecule has 132 valence electrons. The van der Waals surface area contributed by atoms with Crippen molar-refractivity contribution < 1.29 is 0 Å². The van der Waals surface area contributed by atoms with Crippen LogP contribution in [0.3, 0.4) is 0 Å². The molecule has 0 saturated carbocycles. The van der Waals surface area contributed by atoms with Gasteiger partial charge in [-0.2, -0.15) is 11.8 Å². The predicted octanol–water partition coefficient (Wildman–Crippen LogP) is 3.10. The Morgan fingerprint density at radius 2 is 2.30 bits per heavy atom. The van der Waals surface area contributed by atoms with Gasteiger partial charge >= 0.3 is 0 Å². The molecule has 0 amide bonds. The number of rotatable bonds is 6. The summed E-state index contributed by atoms with van der Waals surface area (Å²) >= 11 is 1.89. The molecule has 1 N–H and O–H groups in total. The number of nitrogens with one attached hydrogen (secondary N) is 1. The fourth-order valence-corrected chi connectivity index (χ4v) is 3.33. The van der Waals surface area contributed by atoms with Crippen LogP contribution in [-0.2, 0) is 0 Å². The molecule has 1 aromatic heterocycles. The van der Waals surface area contributed by atoms with Gasteiger partial charge in [0.25, 0.3) is 0 Å². The Hall–Kier alpha value is -0.440. The molecule has 1 aromatic rings. The van der Waals surface area contributed by atoms with Crippen LogP contribution >= 0.6 is 35.7 Å². The van der Waals surface area contributed by atoms with E-state index in [1.165, 1.54) is 12.2 Å². The minimum atomic E-state index is 0. The quantitative estimate of drug-likeness (QED) is 0.313. The number of aromatic nitrogens is 2. The third-order valence-corrected chi connectivity index (χ3v) is 4.93. The Kier molecular flexibility index (Phi) is 10.0. The monoisotopic (exact) mass is 451 g/mol. The van der Waals surface area contributed by atoms with Gasteiger partial charge in [-0.3, -0.25) is 4.99 Å². The van der Waals surface area contributed by atoms with Crippen LogP contribution in [0.5, 0.6) is 0 Å². The fraction of sp³-hybridized carbons (Fsp3) is 0.750. The minimum absolute atomic E-state index is 0. The SMILES string of the molecule is CCNC(=NCCCSC)N1CCC(C)C(n2ccnc2)C1.I. The Labute approximate surface area is 161 Å². The number of hydrogen-bond donors (Lipinski definition) is 1. The maximum Gasteiger partial charge on any atom is 0.193 e. The lowest BCUT2D eigenvalue weighted by molar-refractivity contribution is 0.189. The van der Waals surface area contributed by atoms with Crippen molar-refractivity contribution in [2.24, 2.45) is 10.9 Å². The first-order chi connectivity index (χ1) is 10.8. The number of likely N-dealkylation sites (tertiary alicyclic amines) is 1. The van der Waals surface area contributed by atoms with Gasteiger partial charge in [-0.05, 0) is 37.7 Å². The topological polar surface area (TPSA) is 45.5 Å². The van der Waals surface area contributed by atoms with Crippen LogP contribution in [0.4, 0.5) is 0 Å². The summed E-state index contributed by atoms with van der Waals surface area (Å²) in [7, 11) is 0. The Morgan fingerprint density at radius 1 is 1.48 bits per heavy atom. The van der Waals surface area contributed by atoms with E-state index in [9.17, 15) is 0 Å². The van der Waals surface area contributed by atoms with Gasteiger partial charge in [-0.15, -0.1) is 24.0 Å². The van der Waals surface area contributed by atoms with E-state index in [4.69, 9.17) is 4.99 Å². The number of nitrogens with zero attached hydrogens (tertiary/aromatic N) is 4. The van der Waals surface area contributed by atoms with E-state index < -0.39 is 0 Å². The first-order valence-electron chi connectivity index (χ1n) is 8.25. The maximum atomic E-state index is 4.81. The van der Waals surface area contributed by atoms with Gasteiger partial charge < -0.3 is 14.8 Å². The molecule has 2 heterocycles. The molecule has 1 fully saturated rings. The number of piperidine rings is 1. The second kappa shape index (κ2) is 11.2. The molecule has 0 aromatic carbocycles. The van der Waals surface area contributed by atoms with Crippen molar-refractivity contribution in [3.63, 3.8) is 0 Å². The van der Waals surface area contributed by atoms with E-state index in [1.54, 1.807) is 0 Å². The number of guanidine groups is 1. The van der Waals surface area contributed by atoms with Gasteiger partial charge in [0.15, 0.2) is 5.96 Å². The van der Waals surface area contributed by atoms with Gasteiger partial charge in [0, 0.05) is 38.6 Å². The average Bonchev–Trinajstić information content (AvgIpc) is 3.05. The van der Waals surface area contributed by atoms with Crippen molar-refractivity contribution in [1.29, 1.82) is 0 Å². The predicted molar refractivity (Wildman–Crippen MR) is 111 cm³/mol. The number of aliphatic imine (C=N–C) groups is 1. The van der Waals surface area contributed by atoms with Gasteiger partial charge in [0.05, 0.1) is 12.4 Å². The van der Waals surface area contributed by atoms with E-state index in [0.717, 1.165) is 38.6 Å². The maximum absolute atomic E-state index is 4.81. The highest BCUT2D eigenvalue weighted by atomic mass is 127. The summed E-state index contributed by atoms with van der Waals surface area (Å²) in [6.45, 7) is 8.39. The van der Waals surface area contributed by atoms with Crippen molar-refractivity contribution in [1.82, 2.24) is 19.8 Å². The van der Waals surface area contributed by atoms with Crippen LogP contribution in [0, 0.1) is 5.92 Å². The fourth-order valence-electron chi connectivity index (χ4n) is 2.91. The highest BCUT2D eigenvalue weighted by Crippen LogP contribution is 2.27. The molecular weight excluding hydrogens is 421 g/mol. The normalized spacial score (nSPS) is 21.9. The van der Waals surface area contributed by atoms with E-state index in [1.807, 2.05) is 24.3 Å². The van der Waals surface area contributed by atoms with Crippen LogP contribution in [0.25, 0.3) is 0 Å². The van der Waals surface area contributed by atoms with E-state index in [-0.39, 0.29) is 24.0 Å². The molecule has 0 bridgehead atoms. The molecule has 2 unspecified atom stereocenters. The van der Waals surface area contributed by atoms with E-state index >= 15 is 0 Å². The highest BCUT2D eigenvalue weighted by molar-refractivity contribution is 14.0. The Morgan fingerprint density at radius 3 is 2.96 bits per heavy atom. The zero-order chi connectivity index (χ0) is 15.8. The molecule has 1 saturated heterocycles. The first-order valence-corrected chi connectivity index (χ1v) is 9.65. The van der Waals surface area contributed by atoms with Gasteiger partial charge in [0.2, 0.25) is 0 Å². The molecule has 1 aliphatic rings. The summed E-state index contributed by atoms with van der Waals surface area (Å²) in [5, 5.41) is 3.45. The molecule has 0 spiro atoms. The summed E-state index contributed by atoms with van der Waals surface area (Å²) in [5.74, 6) is 2.92. The Balaban J connectivity index is 0.00000264. The van der Waals surface area contributed by atoms with Crippen molar-refractivity contribution >= 4 is 41.7 Å². The second-order valence-corrected chi connectivity index (χ2v) is 6.86. The standard InChI is InChI=1S/C16H29N5S.HI/c1-4-18-16(19-7-5-11-22-3)20-9-6-14(2)15(12-20)21-10-8-17-13-21;/h8,10,13-15H,4-7,9,11-12H2,1-3H3,(H,18,19);1H. The summed E-state index contributed by atoms with van der Waals surface area (Å²) < 4.78 is 2.24. The van der Waals surface area contributed by atoms with Gasteiger partial charge in [-0.25, -0.2) is 4.98 Å². The van der Waals surface area contributed by atoms with E-state index in [2.05, 4.69) is 46.1 Å². The third kappa shape index (κ3) is 6.17. The lowest BCUT2D eigenvalue weighted by atomic mass is 9.93. The first kappa shape index (κ1) is 20.6. The summed E-state index contributed by atoms with van der Waals surface area (Å²) in [5.41, 5.74) is 0. The molecular formula is C16H30IN5S. The van der Waals surface area contributed by atoms with Crippen LogP contribution in [0.15, 0.2) is 23.7 Å². The average molecular weight is 451 g/mol. The molecule has 1 aliphatic heterocycles. The van der Waals surface area contributed by atoms with E-state index in [0.29, 0.717) is 12.0 Å². The molecule has 7 heteroatoms. The van der Waals surface area contributed by atoms with Crippen LogP contribution in [-0.4, -0.2) is 58.6 Å². The van der Waals surface area contributed by atoms with Gasteiger partial charge in [-0.1, -0.05) is 6.92 Å². The van der Waals surface area contributed by atoms with Crippen molar-refractivity contribution in [2.75, 3.05) is 38.2 Å². The molecule has 0 radical (unpaired) electrons. The molecule has 2 rings (SSSR count). The van der Waals surface area contributed by atoms with Crippen molar-refractivity contribution in [2.45, 2.75) is 32.7 Å². The van der Waals surface area contributed by atoms with Crippen molar-refractivity contribution in [3.8, 4) is 0 Å². The summed E-state index contributed by atoms with van der Waals surface area (Å²) in [6.07, 6.45) is 10.4.